The topological polar surface area (TPSA) is 63.0 Å². The molecule has 3 heterocycles. The van der Waals surface area contributed by atoms with E-state index in [1.165, 1.54) is 16.9 Å². The molecule has 1 N–H and O–H groups in total. The summed E-state index contributed by atoms with van der Waals surface area (Å²) in [7, 11) is 0. The lowest BCUT2D eigenvalue weighted by atomic mass is 10.1. The highest BCUT2D eigenvalue weighted by molar-refractivity contribution is 9.10. The van der Waals surface area contributed by atoms with Crippen molar-refractivity contribution >= 4 is 42.4 Å². The maximum Gasteiger partial charge on any atom is 0.290 e. The minimum absolute atomic E-state index is 0.219. The van der Waals surface area contributed by atoms with Crippen LogP contribution in [0.25, 0.3) is 37.7 Å². The van der Waals surface area contributed by atoms with Crippen LogP contribution >= 0.6 is 27.3 Å². The average Bonchev–Trinajstić information content (AvgIpc) is 3.23. The van der Waals surface area contributed by atoms with Crippen molar-refractivity contribution in [1.82, 2.24) is 19.6 Å². The Balaban J connectivity index is 1.83. The van der Waals surface area contributed by atoms with Gasteiger partial charge in [-0.1, -0.05) is 69.2 Å². The lowest BCUT2D eigenvalue weighted by molar-refractivity contribution is 1.01. The number of H-pyrrole nitrogens is 1. The van der Waals surface area contributed by atoms with Crippen LogP contribution in [-0.2, 0) is 0 Å². The number of aromatic amines is 1. The summed E-state index contributed by atoms with van der Waals surface area (Å²) in [5.41, 5.74) is 5.17. The van der Waals surface area contributed by atoms with E-state index in [9.17, 15) is 4.79 Å². The number of benzene rings is 2. The molecular weight excluding hydrogens is 424 g/mol. The summed E-state index contributed by atoms with van der Waals surface area (Å²) in [6.07, 6.45) is 1.81. The summed E-state index contributed by atoms with van der Waals surface area (Å²) in [5, 5.41) is 6.96. The number of aryl methyl sites for hydroxylation is 1. The number of nitrogens with one attached hydrogen (secondary N) is 1. The Morgan fingerprint density at radius 1 is 1.04 bits per heavy atom. The molecule has 0 bridgehead atoms. The average molecular weight is 437 g/mol. The Bertz CT molecular complexity index is 1300. The summed E-state index contributed by atoms with van der Waals surface area (Å²) in [6.45, 7) is 2.05. The van der Waals surface area contributed by atoms with Crippen molar-refractivity contribution in [2.75, 3.05) is 0 Å². The summed E-state index contributed by atoms with van der Waals surface area (Å²) < 4.78 is 3.75. The van der Waals surface area contributed by atoms with Crippen LogP contribution in [0.15, 0.2) is 64.0 Å². The van der Waals surface area contributed by atoms with Crippen LogP contribution in [0.5, 0.6) is 0 Å². The van der Waals surface area contributed by atoms with Gasteiger partial charge in [-0.2, -0.15) is 5.10 Å². The molecule has 2 aromatic carbocycles. The first-order valence-corrected chi connectivity index (χ1v) is 9.94. The highest BCUT2D eigenvalue weighted by Crippen LogP contribution is 2.34. The lowest BCUT2D eigenvalue weighted by Crippen LogP contribution is -2.11. The van der Waals surface area contributed by atoms with Crippen LogP contribution in [0.4, 0.5) is 0 Å². The molecule has 0 spiro atoms. The molecule has 0 saturated carbocycles. The van der Waals surface area contributed by atoms with E-state index in [1.54, 1.807) is 0 Å². The van der Waals surface area contributed by atoms with Crippen LogP contribution in [0.2, 0.25) is 0 Å². The smallest absolute Gasteiger partial charge is 0.278 e. The van der Waals surface area contributed by atoms with E-state index in [-0.39, 0.29) is 5.56 Å². The number of aromatic nitrogens is 4. The van der Waals surface area contributed by atoms with E-state index in [2.05, 4.69) is 50.2 Å². The summed E-state index contributed by atoms with van der Waals surface area (Å²) in [6, 6.07) is 16.1. The largest absolute Gasteiger partial charge is 0.290 e. The molecule has 0 fully saturated rings. The third kappa shape index (κ3) is 2.62. The molecule has 0 unspecified atom stereocenters. The van der Waals surface area contributed by atoms with Crippen LogP contribution in [0.1, 0.15) is 5.56 Å². The molecule has 0 atom stereocenters. The first kappa shape index (κ1) is 16.4. The number of fused-ring (bicyclic) bond motifs is 3. The van der Waals surface area contributed by atoms with Gasteiger partial charge in [0, 0.05) is 15.6 Å². The molecule has 0 aliphatic carbocycles. The quantitative estimate of drug-likeness (QED) is 0.421. The highest BCUT2D eigenvalue weighted by atomic mass is 79.9. The predicted octanol–water partition coefficient (Wildman–Crippen LogP) is 5.04. The molecule has 0 aliphatic rings. The zero-order valence-corrected chi connectivity index (χ0v) is 16.6. The first-order valence-electron chi connectivity index (χ1n) is 8.33. The number of nitrogens with zero attached hydrogens (tertiary/aromatic N) is 3. The van der Waals surface area contributed by atoms with Gasteiger partial charge in [-0.25, -0.2) is 10.1 Å². The van der Waals surface area contributed by atoms with Gasteiger partial charge >= 0.3 is 0 Å². The Morgan fingerprint density at radius 2 is 1.74 bits per heavy atom. The fraction of sp³-hybridized carbons (Fsp3) is 0.0500. The molecule has 3 aromatic heterocycles. The SMILES string of the molecule is Cc1ccc(-c2cnc3sc4c(-c5ccc(Br)cc5)n[nH]c(=O)c4n23)cc1. The van der Waals surface area contributed by atoms with Gasteiger partial charge in [-0.15, -0.1) is 0 Å². The van der Waals surface area contributed by atoms with E-state index in [0.29, 0.717) is 5.52 Å². The monoisotopic (exact) mass is 436 g/mol. The van der Waals surface area contributed by atoms with E-state index in [0.717, 1.165) is 36.6 Å². The minimum Gasteiger partial charge on any atom is -0.278 e. The first-order chi connectivity index (χ1) is 13.1. The summed E-state index contributed by atoms with van der Waals surface area (Å²) in [4.78, 5) is 18.0. The molecular formula is C20H13BrN4OS. The van der Waals surface area contributed by atoms with Gasteiger partial charge in [-0.3, -0.25) is 9.20 Å². The number of thiazole rings is 1. The van der Waals surface area contributed by atoms with Crippen molar-refractivity contribution in [2.45, 2.75) is 6.92 Å². The number of hydrogen-bond acceptors (Lipinski definition) is 4. The Hall–Kier alpha value is -2.77. The molecule has 27 heavy (non-hydrogen) atoms. The van der Waals surface area contributed by atoms with Crippen LogP contribution < -0.4 is 5.56 Å². The number of rotatable bonds is 2. The molecule has 0 saturated heterocycles. The second-order valence-corrected chi connectivity index (χ2v) is 8.21. The third-order valence-corrected chi connectivity index (χ3v) is 6.12. The van der Waals surface area contributed by atoms with Gasteiger partial charge in [0.25, 0.3) is 5.56 Å². The summed E-state index contributed by atoms with van der Waals surface area (Å²) >= 11 is 4.93. The zero-order valence-electron chi connectivity index (χ0n) is 14.2. The van der Waals surface area contributed by atoms with Crippen molar-refractivity contribution in [3.8, 4) is 22.5 Å². The lowest BCUT2D eigenvalue weighted by Gasteiger charge is -2.04. The minimum atomic E-state index is -0.219. The van der Waals surface area contributed by atoms with Crippen molar-refractivity contribution in [1.29, 1.82) is 0 Å². The van der Waals surface area contributed by atoms with Gasteiger partial charge in [0.2, 0.25) is 0 Å². The van der Waals surface area contributed by atoms with Crippen molar-refractivity contribution in [2.24, 2.45) is 0 Å². The molecule has 0 radical (unpaired) electrons. The standard InChI is InChI=1S/C20H13BrN4OS/c1-11-2-4-12(5-3-11)15-10-22-20-25(15)17-18(27-20)16(23-24-19(17)26)13-6-8-14(21)9-7-13/h2-10H,1H3,(H,24,26). The van der Waals surface area contributed by atoms with E-state index in [4.69, 9.17) is 0 Å². The Labute approximate surface area is 166 Å². The highest BCUT2D eigenvalue weighted by Gasteiger charge is 2.19. The molecule has 132 valence electrons. The van der Waals surface area contributed by atoms with Gasteiger partial charge in [-0.05, 0) is 19.1 Å². The van der Waals surface area contributed by atoms with Gasteiger partial charge < -0.3 is 0 Å². The molecule has 0 aliphatic heterocycles. The molecule has 0 amide bonds. The second kappa shape index (κ2) is 6.14. The van der Waals surface area contributed by atoms with Crippen molar-refractivity contribution in [3.05, 3.63) is 75.1 Å². The second-order valence-electron chi connectivity index (χ2n) is 6.32. The predicted molar refractivity (Wildman–Crippen MR) is 112 cm³/mol. The van der Waals surface area contributed by atoms with E-state index in [1.807, 2.05) is 47.0 Å². The van der Waals surface area contributed by atoms with Gasteiger partial charge in [0.1, 0.15) is 11.2 Å². The Kier molecular flexibility index (Phi) is 3.73. The maximum atomic E-state index is 12.7. The van der Waals surface area contributed by atoms with E-state index < -0.39 is 0 Å². The van der Waals surface area contributed by atoms with Crippen molar-refractivity contribution in [3.63, 3.8) is 0 Å². The maximum absolute atomic E-state index is 12.7. The van der Waals surface area contributed by atoms with Gasteiger partial charge in [0.05, 0.1) is 16.6 Å². The number of imidazole rings is 1. The Morgan fingerprint density at radius 3 is 2.48 bits per heavy atom. The number of halogens is 1. The fourth-order valence-electron chi connectivity index (χ4n) is 3.17. The number of hydrogen-bond donors (Lipinski definition) is 1. The van der Waals surface area contributed by atoms with E-state index >= 15 is 0 Å². The normalized spacial score (nSPS) is 11.5. The van der Waals surface area contributed by atoms with Crippen LogP contribution in [-0.4, -0.2) is 19.6 Å². The summed E-state index contributed by atoms with van der Waals surface area (Å²) in [5.74, 6) is 0. The fourth-order valence-corrected chi connectivity index (χ4v) is 4.55. The molecule has 5 nitrogen and oxygen atoms in total. The molecule has 5 aromatic rings. The van der Waals surface area contributed by atoms with Crippen LogP contribution in [0, 0.1) is 6.92 Å². The molecule has 7 heteroatoms. The molecule has 5 rings (SSSR count). The van der Waals surface area contributed by atoms with Crippen molar-refractivity contribution < 1.29 is 0 Å². The van der Waals surface area contributed by atoms with Crippen LogP contribution in [0.3, 0.4) is 0 Å². The third-order valence-electron chi connectivity index (χ3n) is 4.53. The zero-order chi connectivity index (χ0) is 18.5. The van der Waals surface area contributed by atoms with Gasteiger partial charge in [0.15, 0.2) is 4.96 Å².